The van der Waals surface area contributed by atoms with Crippen LogP contribution in [0.1, 0.15) is 52.2 Å². The van der Waals surface area contributed by atoms with E-state index >= 15 is 4.39 Å². The van der Waals surface area contributed by atoms with Crippen LogP contribution < -0.4 is 5.56 Å². The first-order valence-corrected chi connectivity index (χ1v) is 13.8. The Labute approximate surface area is 234 Å². The number of nitrogens with zero attached hydrogens (tertiary/aromatic N) is 2. The van der Waals surface area contributed by atoms with Gasteiger partial charge in [-0.1, -0.05) is 43.7 Å². The fraction of sp³-hybridized carbons (Fsp3) is 0.303. The molecule has 0 bridgehead atoms. The maximum atomic E-state index is 15.1. The van der Waals surface area contributed by atoms with Crippen molar-refractivity contribution < 1.29 is 8.78 Å². The molecule has 3 nitrogen and oxygen atoms in total. The Hall–Kier alpha value is -3.28. The monoisotopic (exact) mass is 548 g/mol. The molecule has 0 radical (unpaired) electrons. The summed E-state index contributed by atoms with van der Waals surface area (Å²) in [5.74, 6) is -1.29. The van der Waals surface area contributed by atoms with Crippen molar-refractivity contribution in [3.63, 3.8) is 0 Å². The van der Waals surface area contributed by atoms with Gasteiger partial charge in [0.25, 0.3) is 5.56 Å². The van der Waals surface area contributed by atoms with Crippen molar-refractivity contribution in [2.45, 2.75) is 53.5 Å². The summed E-state index contributed by atoms with van der Waals surface area (Å²) in [5, 5.41) is 1.13. The van der Waals surface area contributed by atoms with Gasteiger partial charge in [-0.3, -0.25) is 14.3 Å². The van der Waals surface area contributed by atoms with Crippen molar-refractivity contribution >= 4 is 28.1 Å². The Kier molecular flexibility index (Phi) is 8.43. The molecule has 0 amide bonds. The Balaban J connectivity index is 0.00000172. The summed E-state index contributed by atoms with van der Waals surface area (Å²) < 4.78 is 30.5. The molecule has 1 aliphatic rings. The van der Waals surface area contributed by atoms with E-state index < -0.39 is 11.6 Å². The molecule has 2 heterocycles. The molecule has 39 heavy (non-hydrogen) atoms. The zero-order valence-corrected chi connectivity index (χ0v) is 24.2. The van der Waals surface area contributed by atoms with Crippen LogP contribution in [0.15, 0.2) is 71.5 Å². The molecular weight excluding hydrogens is 514 g/mol. The van der Waals surface area contributed by atoms with E-state index in [9.17, 15) is 9.18 Å². The normalized spacial score (nSPS) is 14.1. The molecule has 0 aliphatic carbocycles. The van der Waals surface area contributed by atoms with E-state index in [0.29, 0.717) is 27.2 Å². The largest absolute Gasteiger partial charge is 0.294 e. The second-order valence-electron chi connectivity index (χ2n) is 10.6. The van der Waals surface area contributed by atoms with Gasteiger partial charge >= 0.3 is 0 Å². The van der Waals surface area contributed by atoms with Crippen molar-refractivity contribution in [3.8, 4) is 16.8 Å². The van der Waals surface area contributed by atoms with E-state index in [1.807, 2.05) is 45.0 Å². The van der Waals surface area contributed by atoms with E-state index in [4.69, 9.17) is 11.6 Å². The Morgan fingerprint density at radius 3 is 2.28 bits per heavy atom. The molecule has 6 heteroatoms. The Bertz CT molecular complexity index is 1590. The van der Waals surface area contributed by atoms with Gasteiger partial charge in [0, 0.05) is 41.7 Å². The average Bonchev–Trinajstić information content (AvgIpc) is 2.90. The predicted octanol–water partition coefficient (Wildman–Crippen LogP) is 8.81. The highest BCUT2D eigenvalue weighted by Gasteiger charge is 2.24. The molecule has 0 unspecified atom stereocenters. The number of hydrogen-bond acceptors (Lipinski definition) is 2. The molecule has 4 aromatic rings. The molecule has 0 fully saturated rings. The molecule has 0 saturated heterocycles. The number of rotatable bonds is 3. The Morgan fingerprint density at radius 1 is 0.923 bits per heavy atom. The van der Waals surface area contributed by atoms with Crippen LogP contribution >= 0.6 is 11.6 Å². The van der Waals surface area contributed by atoms with Gasteiger partial charge in [-0.25, -0.2) is 8.78 Å². The van der Waals surface area contributed by atoms with Gasteiger partial charge in [0.05, 0.1) is 16.2 Å². The third-order valence-electron chi connectivity index (χ3n) is 7.17. The molecule has 1 aromatic heterocycles. The molecule has 0 N–H and O–H groups in total. The first kappa shape index (κ1) is 28.7. The van der Waals surface area contributed by atoms with Crippen LogP contribution in [-0.4, -0.2) is 28.1 Å². The lowest BCUT2D eigenvalue weighted by molar-refractivity contribution is 0.153. The number of pyridine rings is 1. The van der Waals surface area contributed by atoms with Gasteiger partial charge < -0.3 is 0 Å². The van der Waals surface area contributed by atoms with Gasteiger partial charge in [0.15, 0.2) is 0 Å². The number of hydrogen-bond donors (Lipinski definition) is 0. The van der Waals surface area contributed by atoms with Crippen LogP contribution in [0, 0.1) is 18.6 Å². The van der Waals surface area contributed by atoms with Gasteiger partial charge in [0.2, 0.25) is 0 Å². The highest BCUT2D eigenvalue weighted by Crippen LogP contribution is 2.37. The number of aromatic nitrogens is 1. The zero-order chi connectivity index (χ0) is 28.5. The van der Waals surface area contributed by atoms with E-state index in [1.54, 1.807) is 16.7 Å². The maximum Gasteiger partial charge on any atom is 0.255 e. The highest BCUT2D eigenvalue weighted by atomic mass is 35.5. The lowest BCUT2D eigenvalue weighted by atomic mass is 9.91. The lowest BCUT2D eigenvalue weighted by Gasteiger charge is -2.37. The smallest absolute Gasteiger partial charge is 0.255 e. The van der Waals surface area contributed by atoms with Crippen LogP contribution in [0.3, 0.4) is 0 Å². The number of para-hydroxylation sites is 1. The fourth-order valence-corrected chi connectivity index (χ4v) is 5.45. The van der Waals surface area contributed by atoms with E-state index in [-0.39, 0.29) is 16.7 Å². The molecule has 1 aliphatic heterocycles. The van der Waals surface area contributed by atoms with Crippen molar-refractivity contribution in [1.29, 1.82) is 0 Å². The molecule has 5 rings (SSSR count). The summed E-state index contributed by atoms with van der Waals surface area (Å²) in [7, 11) is 0. The quantitative estimate of drug-likeness (QED) is 0.255. The summed E-state index contributed by atoms with van der Waals surface area (Å²) in [6.45, 7) is 14.2. The van der Waals surface area contributed by atoms with Crippen LogP contribution in [0.25, 0.3) is 33.3 Å². The minimum atomic E-state index is -0.651. The van der Waals surface area contributed by atoms with E-state index in [2.05, 4.69) is 31.7 Å². The topological polar surface area (TPSA) is 25.2 Å². The number of halogens is 3. The maximum absolute atomic E-state index is 15.1. The minimum absolute atomic E-state index is 0.0515. The molecule has 204 valence electrons. The summed E-state index contributed by atoms with van der Waals surface area (Å²) >= 11 is 6.60. The van der Waals surface area contributed by atoms with Crippen molar-refractivity contribution in [3.05, 3.63) is 105 Å². The molecular formula is C33H35ClF2N2O. The number of fused-ring (bicyclic) bond motifs is 1. The lowest BCUT2D eigenvalue weighted by Crippen LogP contribution is -2.43. The SMILES string of the molecule is CC.Cc1cccc(Cl)c1-n1c(=O)ccc2c(-c3ccc(F)cc3F)cc(C3=CCN(C(C)(C)C)CC3)cc21. The van der Waals surface area contributed by atoms with E-state index in [1.165, 1.54) is 18.2 Å². The summed E-state index contributed by atoms with van der Waals surface area (Å²) in [6.07, 6.45) is 3.02. The van der Waals surface area contributed by atoms with Crippen LogP contribution in [0.4, 0.5) is 8.78 Å². The summed E-state index contributed by atoms with van der Waals surface area (Å²) in [6, 6.07) is 16.2. The minimum Gasteiger partial charge on any atom is -0.294 e. The predicted molar refractivity (Wildman–Crippen MR) is 160 cm³/mol. The van der Waals surface area contributed by atoms with Crippen molar-refractivity contribution in [1.82, 2.24) is 9.47 Å². The second kappa shape index (κ2) is 11.4. The summed E-state index contributed by atoms with van der Waals surface area (Å²) in [5.41, 5.74) is 4.80. The fourth-order valence-electron chi connectivity index (χ4n) is 5.14. The van der Waals surface area contributed by atoms with Crippen molar-refractivity contribution in [2.24, 2.45) is 0 Å². The summed E-state index contributed by atoms with van der Waals surface area (Å²) in [4.78, 5) is 15.7. The number of benzene rings is 3. The third-order valence-corrected chi connectivity index (χ3v) is 7.48. The molecule has 3 aromatic carbocycles. The van der Waals surface area contributed by atoms with Crippen LogP contribution in [0.2, 0.25) is 5.02 Å². The standard InChI is InChI=1S/C31H29ClF2N2O.C2H6/c1-19-6-5-7-26(32)30(19)36-28-17-21(20-12-14-35(15-13-20)31(2,3)4)16-25(24(28)10-11-29(36)37)23-9-8-22(33)18-27(23)34;1-2/h5-12,16-18H,13-15H2,1-4H3;1-2H3. The first-order chi connectivity index (χ1) is 18.5. The average molecular weight is 549 g/mol. The Morgan fingerprint density at radius 2 is 1.67 bits per heavy atom. The van der Waals surface area contributed by atoms with Gasteiger partial charge in [0.1, 0.15) is 11.6 Å². The molecule has 0 spiro atoms. The zero-order valence-electron chi connectivity index (χ0n) is 23.4. The van der Waals surface area contributed by atoms with Crippen molar-refractivity contribution in [2.75, 3.05) is 13.1 Å². The van der Waals surface area contributed by atoms with Gasteiger partial charge in [-0.15, -0.1) is 0 Å². The van der Waals surface area contributed by atoms with Crippen LogP contribution in [0.5, 0.6) is 0 Å². The molecule has 0 saturated carbocycles. The third kappa shape index (κ3) is 5.70. The molecule has 0 atom stereocenters. The number of aryl methyl sites for hydroxylation is 1. The highest BCUT2D eigenvalue weighted by molar-refractivity contribution is 6.32. The van der Waals surface area contributed by atoms with Gasteiger partial charge in [-0.05, 0) is 92.8 Å². The second-order valence-corrected chi connectivity index (χ2v) is 11.0. The first-order valence-electron chi connectivity index (χ1n) is 13.4. The van der Waals surface area contributed by atoms with E-state index in [0.717, 1.165) is 42.3 Å². The van der Waals surface area contributed by atoms with Crippen LogP contribution in [-0.2, 0) is 0 Å². The van der Waals surface area contributed by atoms with Gasteiger partial charge in [-0.2, -0.15) is 0 Å².